The number of aryl methyl sites for hydroxylation is 2. The van der Waals surface area contributed by atoms with Crippen molar-refractivity contribution in [1.82, 2.24) is 5.32 Å². The average molecular weight is 496 g/mol. The molecule has 194 valence electrons. The topological polar surface area (TPSA) is 102 Å². The molecule has 7 nitrogen and oxygen atoms in total. The largest absolute Gasteiger partial charge is 0.480 e. The molecule has 0 aliphatic carbocycles. The maximum absolute atomic E-state index is 13.4. The lowest BCUT2D eigenvalue weighted by molar-refractivity contribution is -0.162. The van der Waals surface area contributed by atoms with Gasteiger partial charge in [-0.25, -0.2) is 9.59 Å². The Balaban J connectivity index is 1.81. The van der Waals surface area contributed by atoms with Gasteiger partial charge in [-0.2, -0.15) is 0 Å². The van der Waals surface area contributed by atoms with E-state index in [0.29, 0.717) is 19.3 Å². The van der Waals surface area contributed by atoms with Gasteiger partial charge in [-0.3, -0.25) is 4.79 Å². The van der Waals surface area contributed by atoms with Gasteiger partial charge >= 0.3 is 11.9 Å². The van der Waals surface area contributed by atoms with Crippen molar-refractivity contribution in [2.75, 3.05) is 0 Å². The maximum Gasteiger partial charge on any atom is 0.338 e. The van der Waals surface area contributed by atoms with Gasteiger partial charge in [0.15, 0.2) is 6.10 Å². The Morgan fingerprint density at radius 3 is 2.39 bits per heavy atom. The van der Waals surface area contributed by atoms with E-state index in [1.165, 1.54) is 5.56 Å². The first kappa shape index (κ1) is 27.4. The van der Waals surface area contributed by atoms with Gasteiger partial charge in [0.25, 0.3) is 0 Å². The van der Waals surface area contributed by atoms with Gasteiger partial charge in [0.1, 0.15) is 6.04 Å². The predicted molar refractivity (Wildman–Crippen MR) is 137 cm³/mol. The Hall–Kier alpha value is -3.19. The molecule has 36 heavy (non-hydrogen) atoms. The molecule has 3 rings (SSSR count). The van der Waals surface area contributed by atoms with Crippen molar-refractivity contribution < 1.29 is 29.0 Å². The van der Waals surface area contributed by atoms with Crippen LogP contribution in [0.25, 0.3) is 11.1 Å². The second kappa shape index (κ2) is 10.8. The monoisotopic (exact) mass is 495 g/mol. The van der Waals surface area contributed by atoms with Crippen LogP contribution in [-0.2, 0) is 30.3 Å². The summed E-state index contributed by atoms with van der Waals surface area (Å²) in [7, 11) is 0. The third kappa shape index (κ3) is 6.72. The number of benzene rings is 2. The van der Waals surface area contributed by atoms with Crippen LogP contribution in [0.4, 0.5) is 0 Å². The van der Waals surface area contributed by atoms with Crippen LogP contribution in [0.3, 0.4) is 0 Å². The molecule has 2 N–H and O–H groups in total. The molecule has 0 saturated carbocycles. The lowest BCUT2D eigenvalue weighted by atomic mass is 9.85. The van der Waals surface area contributed by atoms with E-state index >= 15 is 0 Å². The molecule has 0 aromatic heterocycles. The number of esters is 1. The van der Waals surface area contributed by atoms with Gasteiger partial charge in [-0.15, -0.1) is 0 Å². The number of hydrogen-bond acceptors (Lipinski definition) is 5. The molecule has 1 heterocycles. The highest BCUT2D eigenvalue weighted by Crippen LogP contribution is 2.32. The van der Waals surface area contributed by atoms with Gasteiger partial charge in [0.05, 0.1) is 5.92 Å². The molecule has 1 fully saturated rings. The number of carboxylic acids is 1. The smallest absolute Gasteiger partial charge is 0.338 e. The number of hydrogen-bond donors (Lipinski definition) is 2. The molecule has 2 aromatic rings. The highest BCUT2D eigenvalue weighted by Gasteiger charge is 2.48. The number of carbonyl (C=O) groups excluding carboxylic acids is 2. The van der Waals surface area contributed by atoms with Gasteiger partial charge in [-0.05, 0) is 48.3 Å². The summed E-state index contributed by atoms with van der Waals surface area (Å²) < 4.78 is 11.1. The minimum absolute atomic E-state index is 0.334. The zero-order chi connectivity index (χ0) is 26.7. The van der Waals surface area contributed by atoms with E-state index in [1.807, 2.05) is 18.2 Å². The van der Waals surface area contributed by atoms with Crippen LogP contribution >= 0.6 is 0 Å². The molecule has 7 heteroatoms. The predicted octanol–water partition coefficient (Wildman–Crippen LogP) is 4.89. The molecule has 1 aliphatic rings. The second-order valence-electron chi connectivity index (χ2n) is 11.0. The van der Waals surface area contributed by atoms with E-state index in [4.69, 9.17) is 9.47 Å². The van der Waals surface area contributed by atoms with E-state index in [1.54, 1.807) is 34.6 Å². The molecule has 0 unspecified atom stereocenters. The third-order valence-electron chi connectivity index (χ3n) is 6.40. The Labute approximate surface area is 213 Å². The fourth-order valence-electron chi connectivity index (χ4n) is 4.59. The number of cyclic esters (lactones) is 1. The van der Waals surface area contributed by atoms with Gasteiger partial charge < -0.3 is 19.9 Å². The van der Waals surface area contributed by atoms with E-state index in [0.717, 1.165) is 16.7 Å². The van der Waals surface area contributed by atoms with E-state index in [2.05, 4.69) is 42.6 Å². The van der Waals surface area contributed by atoms with Crippen LogP contribution in [0.1, 0.15) is 58.6 Å². The number of ether oxygens (including phenoxy) is 2. The summed E-state index contributed by atoms with van der Waals surface area (Å²) >= 11 is 0. The van der Waals surface area contributed by atoms with Crippen LogP contribution in [-0.4, -0.2) is 40.9 Å². The summed E-state index contributed by atoms with van der Waals surface area (Å²) in [5.74, 6) is -4.28. The summed E-state index contributed by atoms with van der Waals surface area (Å²) in [5.41, 5.74) is 3.84. The Morgan fingerprint density at radius 1 is 1.11 bits per heavy atom. The summed E-state index contributed by atoms with van der Waals surface area (Å²) in [6.07, 6.45) is 0.518. The first-order chi connectivity index (χ1) is 16.8. The number of nitrogens with one attached hydrogen (secondary N) is 1. The van der Waals surface area contributed by atoms with Crippen molar-refractivity contribution in [3.05, 3.63) is 59.7 Å². The Kier molecular flexibility index (Phi) is 8.24. The highest BCUT2D eigenvalue weighted by molar-refractivity contribution is 5.90. The first-order valence-corrected chi connectivity index (χ1v) is 12.4. The highest BCUT2D eigenvalue weighted by atomic mass is 16.8. The maximum atomic E-state index is 13.4. The van der Waals surface area contributed by atoms with Crippen LogP contribution in [0.15, 0.2) is 48.5 Å². The van der Waals surface area contributed by atoms with Crippen molar-refractivity contribution in [3.8, 4) is 11.1 Å². The van der Waals surface area contributed by atoms with Crippen molar-refractivity contribution in [2.24, 2.45) is 11.3 Å². The van der Waals surface area contributed by atoms with Gasteiger partial charge in [-0.1, -0.05) is 74.9 Å². The standard InChI is InChI=1S/C29H37NO6/c1-18-11-9-14-20(17-18)21-15-8-7-12-19(21)13-10-16-22(23-27(34)36-29(5,6)35-23)25(31)30-24(26(32)33)28(2,3)4/h7-9,11-12,14-15,17,22-24H,10,13,16H2,1-6H3,(H,30,31)(H,32,33)/t22-,23+,24-/m1/s1. The van der Waals surface area contributed by atoms with Crippen molar-refractivity contribution in [2.45, 2.75) is 78.7 Å². The molecular formula is C29H37NO6. The zero-order valence-electron chi connectivity index (χ0n) is 22.0. The van der Waals surface area contributed by atoms with Crippen LogP contribution < -0.4 is 5.32 Å². The van der Waals surface area contributed by atoms with Crippen molar-refractivity contribution >= 4 is 17.8 Å². The van der Waals surface area contributed by atoms with Gasteiger partial charge in [0.2, 0.25) is 11.7 Å². The molecule has 1 saturated heterocycles. The number of aliphatic carboxylic acids is 1. The van der Waals surface area contributed by atoms with E-state index in [9.17, 15) is 19.5 Å². The zero-order valence-corrected chi connectivity index (χ0v) is 22.0. The minimum atomic E-state index is -1.14. The minimum Gasteiger partial charge on any atom is -0.480 e. The molecule has 3 atom stereocenters. The van der Waals surface area contributed by atoms with E-state index < -0.39 is 47.1 Å². The third-order valence-corrected chi connectivity index (χ3v) is 6.40. The number of carbonyl (C=O) groups is 3. The SMILES string of the molecule is Cc1cccc(-c2ccccc2CCC[C@@H](C(=O)N[C@H](C(=O)O)C(C)(C)C)[C@@H]2OC(C)(C)OC2=O)c1. The molecule has 0 bridgehead atoms. The van der Waals surface area contributed by atoms with Crippen LogP contribution in [0.2, 0.25) is 0 Å². The summed E-state index contributed by atoms with van der Waals surface area (Å²) in [5, 5.41) is 12.3. The van der Waals surface area contributed by atoms with E-state index in [-0.39, 0.29) is 0 Å². The number of rotatable bonds is 9. The first-order valence-electron chi connectivity index (χ1n) is 12.4. The molecular weight excluding hydrogens is 458 g/mol. The molecule has 1 aliphatic heterocycles. The number of carboxylic acid groups (broad SMARTS) is 1. The van der Waals surface area contributed by atoms with Crippen molar-refractivity contribution in [3.63, 3.8) is 0 Å². The fraction of sp³-hybridized carbons (Fsp3) is 0.483. The molecule has 2 aromatic carbocycles. The van der Waals surface area contributed by atoms with Gasteiger partial charge in [0, 0.05) is 13.8 Å². The van der Waals surface area contributed by atoms with Crippen molar-refractivity contribution in [1.29, 1.82) is 0 Å². The molecule has 0 radical (unpaired) electrons. The lowest BCUT2D eigenvalue weighted by Crippen LogP contribution is -2.52. The normalized spacial score (nSPS) is 18.8. The summed E-state index contributed by atoms with van der Waals surface area (Å²) in [6, 6.07) is 15.3. The summed E-state index contributed by atoms with van der Waals surface area (Å²) in [6.45, 7) is 10.5. The van der Waals surface area contributed by atoms with Crippen LogP contribution in [0.5, 0.6) is 0 Å². The fourth-order valence-corrected chi connectivity index (χ4v) is 4.59. The Morgan fingerprint density at radius 2 is 1.81 bits per heavy atom. The quantitative estimate of drug-likeness (QED) is 0.480. The Bertz CT molecular complexity index is 1120. The number of amides is 1. The summed E-state index contributed by atoms with van der Waals surface area (Å²) in [4.78, 5) is 37.8. The molecule has 0 spiro atoms. The van der Waals surface area contributed by atoms with Crippen LogP contribution in [0, 0.1) is 18.3 Å². The second-order valence-corrected chi connectivity index (χ2v) is 11.0. The molecule has 1 amide bonds. The lowest BCUT2D eigenvalue weighted by Gasteiger charge is -2.30. The average Bonchev–Trinajstić information content (AvgIpc) is 3.05.